The number of para-hydroxylation sites is 1. The Hall–Kier alpha value is -2.59. The van der Waals surface area contributed by atoms with Crippen molar-refractivity contribution in [2.45, 2.75) is 51.6 Å². The number of rotatable bonds is 10. The highest BCUT2D eigenvalue weighted by Gasteiger charge is 2.41. The first kappa shape index (κ1) is 27.0. The van der Waals surface area contributed by atoms with Crippen molar-refractivity contribution in [1.29, 1.82) is 0 Å². The standard InChI is InChI=1S/C21H30B2N3O8P/c1-12(2)31-17(27)10-24-35(30,33-14-7-5-4-6-8-14)34-18(23)16-9-13(3)20(32-16)26-11-15(22)19(28)25-21(26)29/h4-8,11-13,16,18,20H,9-10,22-23H2,1-3H3,(H,24,30)(H,25,28,29)/t13-,16?,18?,20?,35?/m0/s1. The molecule has 1 aromatic carbocycles. The van der Waals surface area contributed by atoms with Gasteiger partial charge in [-0.05, 0) is 37.9 Å². The Labute approximate surface area is 204 Å². The minimum absolute atomic E-state index is 0.0996. The summed E-state index contributed by atoms with van der Waals surface area (Å²) >= 11 is 0. The molecule has 1 saturated heterocycles. The highest BCUT2D eigenvalue weighted by atomic mass is 31.2. The Morgan fingerprint density at radius 2 is 2.00 bits per heavy atom. The summed E-state index contributed by atoms with van der Waals surface area (Å²) in [4.78, 5) is 38.4. The molecule has 0 bridgehead atoms. The maximum absolute atomic E-state index is 13.6. The van der Waals surface area contributed by atoms with Crippen molar-refractivity contribution < 1.29 is 27.9 Å². The van der Waals surface area contributed by atoms with E-state index in [-0.39, 0.29) is 18.6 Å². The summed E-state index contributed by atoms with van der Waals surface area (Å²) < 4.78 is 37.6. The van der Waals surface area contributed by atoms with Crippen LogP contribution in [-0.2, 0) is 23.4 Å². The van der Waals surface area contributed by atoms with Gasteiger partial charge in [-0.3, -0.25) is 23.7 Å². The summed E-state index contributed by atoms with van der Waals surface area (Å²) in [5.74, 6) is -0.411. The molecular formula is C21H30B2N3O8P. The lowest BCUT2D eigenvalue weighted by molar-refractivity contribution is -0.146. The number of carbonyl (C=O) groups is 1. The SMILES string of the molecule is Bc1cn(C2OC(C(B)OP(=O)(NCC(=O)OC(C)C)Oc3ccccc3)C[C@@H]2C)c(=O)[nH]c1=O. The first-order chi connectivity index (χ1) is 16.5. The van der Waals surface area contributed by atoms with Crippen LogP contribution in [0.3, 0.4) is 0 Å². The van der Waals surface area contributed by atoms with Crippen LogP contribution in [0.5, 0.6) is 5.75 Å². The molecule has 1 aliphatic heterocycles. The van der Waals surface area contributed by atoms with Crippen molar-refractivity contribution in [3.8, 4) is 5.75 Å². The Morgan fingerprint density at radius 1 is 1.31 bits per heavy atom. The molecule has 3 rings (SSSR count). The lowest BCUT2D eigenvalue weighted by atomic mass is 9.91. The van der Waals surface area contributed by atoms with Crippen LogP contribution < -0.4 is 26.3 Å². The van der Waals surface area contributed by atoms with Crippen molar-refractivity contribution in [1.82, 2.24) is 14.6 Å². The zero-order chi connectivity index (χ0) is 25.8. The lowest BCUT2D eigenvalue weighted by Gasteiger charge is -2.26. The van der Waals surface area contributed by atoms with Crippen molar-refractivity contribution in [2.24, 2.45) is 5.92 Å². The van der Waals surface area contributed by atoms with Gasteiger partial charge in [-0.1, -0.05) is 25.1 Å². The first-order valence-electron chi connectivity index (χ1n) is 11.4. The summed E-state index contributed by atoms with van der Waals surface area (Å²) in [5, 5.41) is 2.57. The van der Waals surface area contributed by atoms with Gasteiger partial charge in [0.1, 0.15) is 34.2 Å². The number of aromatic nitrogens is 2. The normalized spacial score (nSPS) is 22.5. The molecule has 5 atom stereocenters. The fourth-order valence-electron chi connectivity index (χ4n) is 3.73. The van der Waals surface area contributed by atoms with Crippen LogP contribution in [0.1, 0.15) is 33.4 Å². The van der Waals surface area contributed by atoms with E-state index in [1.165, 1.54) is 10.8 Å². The van der Waals surface area contributed by atoms with E-state index in [1.807, 2.05) is 6.92 Å². The zero-order valence-electron chi connectivity index (χ0n) is 20.4. The van der Waals surface area contributed by atoms with E-state index >= 15 is 0 Å². The minimum atomic E-state index is -4.03. The van der Waals surface area contributed by atoms with E-state index in [9.17, 15) is 18.9 Å². The fourth-order valence-corrected chi connectivity index (χ4v) is 5.21. The first-order valence-corrected chi connectivity index (χ1v) is 13.0. The third kappa shape index (κ3) is 7.20. The number of carbonyl (C=O) groups excluding carboxylic acids is 1. The maximum atomic E-state index is 13.6. The van der Waals surface area contributed by atoms with Crippen LogP contribution in [0.15, 0.2) is 46.1 Å². The molecule has 0 saturated carbocycles. The number of nitrogens with zero attached hydrogens (tertiary/aromatic N) is 1. The Kier molecular flexibility index (Phi) is 8.82. The topological polar surface area (TPSA) is 138 Å². The van der Waals surface area contributed by atoms with Gasteiger partial charge in [0, 0.05) is 12.1 Å². The molecule has 0 aliphatic carbocycles. The molecule has 0 amide bonds. The zero-order valence-corrected chi connectivity index (χ0v) is 21.3. The van der Waals surface area contributed by atoms with E-state index in [4.69, 9.17) is 18.5 Å². The third-order valence-electron chi connectivity index (χ3n) is 5.41. The molecule has 0 spiro atoms. The largest absolute Gasteiger partial charge is 0.462 e. The molecule has 11 nitrogen and oxygen atoms in total. The van der Waals surface area contributed by atoms with Gasteiger partial charge < -0.3 is 14.0 Å². The minimum Gasteiger partial charge on any atom is -0.462 e. The molecule has 2 heterocycles. The van der Waals surface area contributed by atoms with Crippen LogP contribution in [0.2, 0.25) is 0 Å². The van der Waals surface area contributed by atoms with Crippen molar-refractivity contribution >= 4 is 34.9 Å². The molecule has 1 fully saturated rings. The summed E-state index contributed by atoms with van der Waals surface area (Å²) in [6.07, 6.45) is 0.450. The van der Waals surface area contributed by atoms with Crippen LogP contribution in [-0.4, -0.2) is 56.0 Å². The van der Waals surface area contributed by atoms with Crippen molar-refractivity contribution in [2.75, 3.05) is 6.54 Å². The molecule has 14 heteroatoms. The lowest BCUT2D eigenvalue weighted by Crippen LogP contribution is -2.42. The second kappa shape index (κ2) is 11.4. The molecular weight excluding hydrogens is 475 g/mol. The number of hydrogen-bond acceptors (Lipinski definition) is 8. The molecule has 4 unspecified atom stereocenters. The molecule has 1 aliphatic rings. The van der Waals surface area contributed by atoms with Crippen LogP contribution in [0, 0.1) is 5.92 Å². The van der Waals surface area contributed by atoms with Crippen LogP contribution in [0.4, 0.5) is 0 Å². The average Bonchev–Trinajstić information content (AvgIpc) is 3.17. The number of hydrogen-bond donors (Lipinski definition) is 2. The fraction of sp³-hybridized carbons (Fsp3) is 0.476. The number of H-pyrrole nitrogens is 1. The second-order valence-corrected chi connectivity index (χ2v) is 10.5. The van der Waals surface area contributed by atoms with Gasteiger partial charge in [0.15, 0.2) is 0 Å². The summed E-state index contributed by atoms with van der Waals surface area (Å²) in [6, 6.07) is 7.71. The molecule has 1 aromatic heterocycles. The molecule has 35 heavy (non-hydrogen) atoms. The summed E-state index contributed by atoms with van der Waals surface area (Å²) in [7, 11) is -0.751. The number of ether oxygens (including phenoxy) is 2. The van der Waals surface area contributed by atoms with Gasteiger partial charge in [0.05, 0.1) is 18.2 Å². The number of benzene rings is 1. The molecule has 2 N–H and O–H groups in total. The predicted octanol–water partition coefficient (Wildman–Crippen LogP) is -0.577. The number of aromatic amines is 1. The Morgan fingerprint density at radius 3 is 2.66 bits per heavy atom. The van der Waals surface area contributed by atoms with Crippen molar-refractivity contribution in [3.63, 3.8) is 0 Å². The van der Waals surface area contributed by atoms with E-state index in [0.717, 1.165) is 0 Å². The third-order valence-corrected chi connectivity index (χ3v) is 7.01. The summed E-state index contributed by atoms with van der Waals surface area (Å²) in [5.41, 5.74) is -0.646. The van der Waals surface area contributed by atoms with E-state index in [0.29, 0.717) is 17.6 Å². The van der Waals surface area contributed by atoms with Gasteiger partial charge >= 0.3 is 19.4 Å². The van der Waals surface area contributed by atoms with Crippen molar-refractivity contribution in [3.05, 3.63) is 57.4 Å². The molecule has 2 aromatic rings. The highest BCUT2D eigenvalue weighted by Crippen LogP contribution is 2.47. The Bertz CT molecular complexity index is 1190. The predicted molar refractivity (Wildman–Crippen MR) is 135 cm³/mol. The molecule has 0 radical (unpaired) electrons. The molecule has 188 valence electrons. The van der Waals surface area contributed by atoms with Crippen LogP contribution in [0.25, 0.3) is 0 Å². The van der Waals surface area contributed by atoms with Gasteiger partial charge in [0.2, 0.25) is 5.56 Å². The van der Waals surface area contributed by atoms with Gasteiger partial charge in [0.25, 0.3) is 0 Å². The second-order valence-electron chi connectivity index (χ2n) is 8.84. The Balaban J connectivity index is 1.75. The van der Waals surface area contributed by atoms with Gasteiger partial charge in [-0.25, -0.2) is 14.4 Å². The highest BCUT2D eigenvalue weighted by molar-refractivity contribution is 7.52. The quantitative estimate of drug-likeness (QED) is 0.247. The smallest absolute Gasteiger partial charge is 0.458 e. The van der Waals surface area contributed by atoms with Gasteiger partial charge in [-0.15, -0.1) is 0 Å². The van der Waals surface area contributed by atoms with E-state index < -0.39 is 43.3 Å². The number of nitrogens with one attached hydrogen (secondary N) is 2. The van der Waals surface area contributed by atoms with Gasteiger partial charge in [-0.2, -0.15) is 0 Å². The number of esters is 1. The van der Waals surface area contributed by atoms with E-state index in [2.05, 4.69) is 10.1 Å². The monoisotopic (exact) mass is 505 g/mol. The van der Waals surface area contributed by atoms with E-state index in [1.54, 1.807) is 59.9 Å². The average molecular weight is 505 g/mol. The summed E-state index contributed by atoms with van der Waals surface area (Å²) in [6.45, 7) is 4.94. The van der Waals surface area contributed by atoms with Crippen LogP contribution >= 0.6 is 7.75 Å². The maximum Gasteiger partial charge on any atom is 0.458 e.